The summed E-state index contributed by atoms with van der Waals surface area (Å²) in [5.74, 6) is -0.228. The Morgan fingerprint density at radius 1 is 1.32 bits per heavy atom. The zero-order chi connectivity index (χ0) is 15.5. The summed E-state index contributed by atoms with van der Waals surface area (Å²) in [6.45, 7) is 0.786. The van der Waals surface area contributed by atoms with Gasteiger partial charge in [-0.2, -0.15) is 5.10 Å². The highest BCUT2D eigenvalue weighted by molar-refractivity contribution is 5.94. The Morgan fingerprint density at radius 3 is 2.68 bits per heavy atom. The largest absolute Gasteiger partial charge is 0.396 e. The molecule has 1 aromatic heterocycles. The van der Waals surface area contributed by atoms with Gasteiger partial charge in [0, 0.05) is 43.6 Å². The van der Waals surface area contributed by atoms with Crippen molar-refractivity contribution in [2.75, 3.05) is 19.7 Å². The first-order valence-corrected chi connectivity index (χ1v) is 7.37. The molecule has 0 unspecified atom stereocenters. The van der Waals surface area contributed by atoms with Crippen molar-refractivity contribution in [1.82, 2.24) is 14.7 Å². The molecule has 3 rings (SSSR count). The molecule has 1 amide bonds. The van der Waals surface area contributed by atoms with Gasteiger partial charge in [0.05, 0.1) is 11.8 Å². The van der Waals surface area contributed by atoms with Crippen molar-refractivity contribution in [2.24, 2.45) is 5.92 Å². The number of rotatable bonds is 3. The second-order valence-corrected chi connectivity index (χ2v) is 5.55. The molecule has 6 heteroatoms. The van der Waals surface area contributed by atoms with Gasteiger partial charge in [-0.15, -0.1) is 0 Å². The third-order valence-electron chi connectivity index (χ3n) is 4.13. The second kappa shape index (κ2) is 6.29. The van der Waals surface area contributed by atoms with Crippen LogP contribution < -0.4 is 0 Å². The van der Waals surface area contributed by atoms with Gasteiger partial charge in [-0.1, -0.05) is 0 Å². The Bertz CT molecular complexity index is 625. The SMILES string of the molecule is O=C(c1ccc(-n2cccn2)cc1)N1CC[C@H](CO)[C@H](O)C1. The number of carbonyl (C=O) groups is 1. The number of piperidine rings is 1. The van der Waals surface area contributed by atoms with Crippen molar-refractivity contribution in [2.45, 2.75) is 12.5 Å². The molecule has 2 heterocycles. The first-order chi connectivity index (χ1) is 10.7. The Morgan fingerprint density at radius 2 is 2.09 bits per heavy atom. The number of benzene rings is 1. The first kappa shape index (κ1) is 14.7. The van der Waals surface area contributed by atoms with Crippen LogP contribution in [0, 0.1) is 5.92 Å². The fourth-order valence-electron chi connectivity index (χ4n) is 2.74. The zero-order valence-corrected chi connectivity index (χ0v) is 12.2. The van der Waals surface area contributed by atoms with Gasteiger partial charge in [-0.3, -0.25) is 4.79 Å². The van der Waals surface area contributed by atoms with Crippen LogP contribution >= 0.6 is 0 Å². The zero-order valence-electron chi connectivity index (χ0n) is 12.2. The molecule has 2 N–H and O–H groups in total. The van der Waals surface area contributed by atoms with Gasteiger partial charge < -0.3 is 15.1 Å². The monoisotopic (exact) mass is 301 g/mol. The van der Waals surface area contributed by atoms with E-state index < -0.39 is 6.10 Å². The molecule has 0 radical (unpaired) electrons. The Kier molecular flexibility index (Phi) is 4.22. The van der Waals surface area contributed by atoms with Gasteiger partial charge in [-0.25, -0.2) is 4.68 Å². The standard InChI is InChI=1S/C16H19N3O3/c20-11-13-6-9-18(10-15(13)21)16(22)12-2-4-14(5-3-12)19-8-1-7-17-19/h1-5,7-8,13,15,20-21H,6,9-11H2/t13-,15-/m1/s1. The van der Waals surface area contributed by atoms with Crippen LogP contribution in [0.3, 0.4) is 0 Å². The van der Waals surface area contributed by atoms with E-state index in [4.69, 9.17) is 5.11 Å². The van der Waals surface area contributed by atoms with E-state index in [9.17, 15) is 9.90 Å². The summed E-state index contributed by atoms with van der Waals surface area (Å²) >= 11 is 0. The van der Waals surface area contributed by atoms with Crippen molar-refractivity contribution in [3.63, 3.8) is 0 Å². The van der Waals surface area contributed by atoms with Crippen LogP contribution in [0.4, 0.5) is 0 Å². The molecule has 0 spiro atoms. The van der Waals surface area contributed by atoms with Crippen molar-refractivity contribution in [1.29, 1.82) is 0 Å². The first-order valence-electron chi connectivity index (χ1n) is 7.37. The maximum Gasteiger partial charge on any atom is 0.253 e. The number of aliphatic hydroxyl groups is 2. The molecule has 0 aliphatic carbocycles. The predicted molar refractivity (Wildman–Crippen MR) is 80.7 cm³/mol. The highest BCUT2D eigenvalue weighted by atomic mass is 16.3. The van der Waals surface area contributed by atoms with E-state index in [1.54, 1.807) is 27.9 Å². The quantitative estimate of drug-likeness (QED) is 0.874. The summed E-state index contributed by atoms with van der Waals surface area (Å²) in [7, 11) is 0. The lowest BCUT2D eigenvalue weighted by Gasteiger charge is -2.35. The highest BCUT2D eigenvalue weighted by Gasteiger charge is 2.29. The summed E-state index contributed by atoms with van der Waals surface area (Å²) in [5, 5.41) is 23.2. The van der Waals surface area contributed by atoms with Crippen LogP contribution in [0.15, 0.2) is 42.7 Å². The topological polar surface area (TPSA) is 78.6 Å². The van der Waals surface area contributed by atoms with Gasteiger partial charge >= 0.3 is 0 Å². The van der Waals surface area contributed by atoms with Crippen molar-refractivity contribution >= 4 is 5.91 Å². The smallest absolute Gasteiger partial charge is 0.253 e. The predicted octanol–water partition coefficient (Wildman–Crippen LogP) is 0.688. The van der Waals surface area contributed by atoms with Crippen LogP contribution in [0.25, 0.3) is 5.69 Å². The molecule has 1 aliphatic rings. The molecule has 116 valence electrons. The van der Waals surface area contributed by atoms with E-state index >= 15 is 0 Å². The fourth-order valence-corrected chi connectivity index (χ4v) is 2.74. The van der Waals surface area contributed by atoms with Gasteiger partial charge in [0.15, 0.2) is 0 Å². The molecule has 0 bridgehead atoms. The molecular weight excluding hydrogens is 282 g/mol. The minimum atomic E-state index is -0.661. The number of nitrogens with zero attached hydrogens (tertiary/aromatic N) is 3. The van der Waals surface area contributed by atoms with Crippen LogP contribution in [0.5, 0.6) is 0 Å². The van der Waals surface area contributed by atoms with E-state index in [0.29, 0.717) is 18.5 Å². The number of hydrogen-bond donors (Lipinski definition) is 2. The normalized spacial score (nSPS) is 21.8. The Balaban J connectivity index is 1.70. The molecule has 2 atom stereocenters. The van der Waals surface area contributed by atoms with Gasteiger partial charge in [0.1, 0.15) is 0 Å². The molecule has 1 saturated heterocycles. The summed E-state index contributed by atoms with van der Waals surface area (Å²) in [4.78, 5) is 14.1. The molecule has 2 aromatic rings. The number of hydrogen-bond acceptors (Lipinski definition) is 4. The molecule has 1 aliphatic heterocycles. The highest BCUT2D eigenvalue weighted by Crippen LogP contribution is 2.19. The molecular formula is C16H19N3O3. The average Bonchev–Trinajstić information content (AvgIpc) is 3.09. The lowest BCUT2D eigenvalue weighted by molar-refractivity contribution is 0.000877. The maximum absolute atomic E-state index is 12.5. The number of β-amino-alcohol motifs (C(OH)–C–C–N with tert-alkyl or cyclic N) is 1. The van der Waals surface area contributed by atoms with Crippen molar-refractivity contribution < 1.29 is 15.0 Å². The van der Waals surface area contributed by atoms with E-state index in [0.717, 1.165) is 5.69 Å². The number of aliphatic hydroxyl groups excluding tert-OH is 2. The summed E-state index contributed by atoms with van der Waals surface area (Å²) < 4.78 is 1.73. The lowest BCUT2D eigenvalue weighted by Crippen LogP contribution is -2.47. The lowest BCUT2D eigenvalue weighted by atomic mass is 9.94. The minimum Gasteiger partial charge on any atom is -0.396 e. The van der Waals surface area contributed by atoms with Gasteiger partial charge in [0.25, 0.3) is 5.91 Å². The molecule has 0 saturated carbocycles. The molecule has 22 heavy (non-hydrogen) atoms. The van der Waals surface area contributed by atoms with Crippen LogP contribution in [0.1, 0.15) is 16.8 Å². The molecule has 6 nitrogen and oxygen atoms in total. The third-order valence-corrected chi connectivity index (χ3v) is 4.13. The van der Waals surface area contributed by atoms with E-state index in [1.165, 1.54) is 0 Å². The molecule has 1 fully saturated rings. The number of aromatic nitrogens is 2. The second-order valence-electron chi connectivity index (χ2n) is 5.55. The Labute approximate surface area is 128 Å². The van der Waals surface area contributed by atoms with Gasteiger partial charge in [0.2, 0.25) is 0 Å². The van der Waals surface area contributed by atoms with E-state index in [1.807, 2.05) is 24.4 Å². The van der Waals surface area contributed by atoms with Crippen LogP contribution in [-0.2, 0) is 0 Å². The molecule has 1 aromatic carbocycles. The third kappa shape index (κ3) is 2.88. The van der Waals surface area contributed by atoms with Crippen LogP contribution in [-0.4, -0.2) is 56.6 Å². The Hall–Kier alpha value is -2.18. The summed E-state index contributed by atoms with van der Waals surface area (Å²) in [6, 6.07) is 9.06. The number of amides is 1. The van der Waals surface area contributed by atoms with E-state index in [-0.39, 0.29) is 25.0 Å². The summed E-state index contributed by atoms with van der Waals surface area (Å²) in [6.07, 6.45) is 3.50. The van der Waals surface area contributed by atoms with E-state index in [2.05, 4.69) is 5.10 Å². The van der Waals surface area contributed by atoms with Crippen LogP contribution in [0.2, 0.25) is 0 Å². The summed E-state index contributed by atoms with van der Waals surface area (Å²) in [5.41, 5.74) is 1.48. The van der Waals surface area contributed by atoms with Crippen molar-refractivity contribution in [3.05, 3.63) is 48.3 Å². The maximum atomic E-state index is 12.5. The fraction of sp³-hybridized carbons (Fsp3) is 0.375. The minimum absolute atomic E-state index is 0.0399. The number of carbonyl (C=O) groups excluding carboxylic acids is 1. The van der Waals surface area contributed by atoms with Crippen molar-refractivity contribution in [3.8, 4) is 5.69 Å². The number of likely N-dealkylation sites (tertiary alicyclic amines) is 1. The van der Waals surface area contributed by atoms with Gasteiger partial charge in [-0.05, 0) is 36.8 Å². The average molecular weight is 301 g/mol.